The van der Waals surface area contributed by atoms with E-state index in [-0.39, 0.29) is 11.3 Å². The van der Waals surface area contributed by atoms with Crippen molar-refractivity contribution in [1.29, 1.82) is 0 Å². The van der Waals surface area contributed by atoms with Crippen LogP contribution in [0.2, 0.25) is 0 Å². The molecule has 0 aliphatic heterocycles. The molecule has 2 aromatic rings. The lowest BCUT2D eigenvalue weighted by molar-refractivity contribution is -0.137. The van der Waals surface area contributed by atoms with Crippen molar-refractivity contribution in [3.8, 4) is 11.3 Å². The van der Waals surface area contributed by atoms with Gasteiger partial charge in [-0.05, 0) is 24.6 Å². The quantitative estimate of drug-likeness (QED) is 0.934. The highest BCUT2D eigenvalue weighted by Gasteiger charge is 2.34. The Morgan fingerprint density at radius 2 is 1.95 bits per heavy atom. The average Bonchev–Trinajstić information content (AvgIpc) is 2.45. The van der Waals surface area contributed by atoms with Crippen molar-refractivity contribution in [1.82, 2.24) is 15.2 Å². The van der Waals surface area contributed by atoms with Crippen LogP contribution in [0.5, 0.6) is 0 Å². The monoisotopic (exact) mass is 282 g/mol. The fraction of sp³-hybridized carbons (Fsp3) is 0.308. The van der Waals surface area contributed by atoms with E-state index in [2.05, 4.69) is 20.5 Å². The SMILES string of the molecule is CCCNc1ccc(-c2cnccc2C(F)(F)F)nn1. The van der Waals surface area contributed by atoms with Crippen LogP contribution in [0.25, 0.3) is 11.3 Å². The average molecular weight is 282 g/mol. The Kier molecular flexibility index (Phi) is 4.16. The Morgan fingerprint density at radius 1 is 1.15 bits per heavy atom. The first-order valence-electron chi connectivity index (χ1n) is 6.11. The predicted octanol–water partition coefficient (Wildman–Crippen LogP) is 3.38. The normalized spacial score (nSPS) is 11.4. The number of anilines is 1. The van der Waals surface area contributed by atoms with Gasteiger partial charge in [0.1, 0.15) is 5.82 Å². The molecule has 0 atom stereocenters. The smallest absolute Gasteiger partial charge is 0.369 e. The summed E-state index contributed by atoms with van der Waals surface area (Å²) >= 11 is 0. The molecule has 0 spiro atoms. The Hall–Kier alpha value is -2.18. The van der Waals surface area contributed by atoms with Gasteiger partial charge in [0.05, 0.1) is 11.3 Å². The third kappa shape index (κ3) is 3.23. The van der Waals surface area contributed by atoms with Gasteiger partial charge in [0.15, 0.2) is 0 Å². The van der Waals surface area contributed by atoms with E-state index in [0.717, 1.165) is 31.4 Å². The zero-order chi connectivity index (χ0) is 14.6. The molecular weight excluding hydrogens is 269 g/mol. The largest absolute Gasteiger partial charge is 0.417 e. The molecule has 0 saturated carbocycles. The second-order valence-corrected chi connectivity index (χ2v) is 4.15. The van der Waals surface area contributed by atoms with Crippen molar-refractivity contribution in [2.45, 2.75) is 19.5 Å². The molecule has 0 radical (unpaired) electrons. The first-order valence-corrected chi connectivity index (χ1v) is 6.11. The van der Waals surface area contributed by atoms with Gasteiger partial charge in [-0.2, -0.15) is 13.2 Å². The molecule has 0 amide bonds. The lowest BCUT2D eigenvalue weighted by Crippen LogP contribution is -2.08. The minimum absolute atomic E-state index is 0.0745. The molecule has 0 aliphatic rings. The van der Waals surface area contributed by atoms with Crippen molar-refractivity contribution in [2.24, 2.45) is 0 Å². The molecule has 4 nitrogen and oxygen atoms in total. The van der Waals surface area contributed by atoms with Crippen LogP contribution in [0.1, 0.15) is 18.9 Å². The molecule has 106 valence electrons. The highest BCUT2D eigenvalue weighted by Crippen LogP contribution is 2.35. The molecule has 2 rings (SSSR count). The van der Waals surface area contributed by atoms with Gasteiger partial charge in [0, 0.05) is 24.5 Å². The van der Waals surface area contributed by atoms with Gasteiger partial charge in [0.2, 0.25) is 0 Å². The van der Waals surface area contributed by atoms with Crippen LogP contribution >= 0.6 is 0 Å². The number of pyridine rings is 1. The summed E-state index contributed by atoms with van der Waals surface area (Å²) in [6.45, 7) is 2.73. The van der Waals surface area contributed by atoms with E-state index in [4.69, 9.17) is 0 Å². The van der Waals surface area contributed by atoms with Crippen LogP contribution in [0.3, 0.4) is 0 Å². The highest BCUT2D eigenvalue weighted by atomic mass is 19.4. The summed E-state index contributed by atoms with van der Waals surface area (Å²) in [6, 6.07) is 4.03. The zero-order valence-corrected chi connectivity index (χ0v) is 10.8. The van der Waals surface area contributed by atoms with E-state index in [1.54, 1.807) is 6.07 Å². The zero-order valence-electron chi connectivity index (χ0n) is 10.8. The summed E-state index contributed by atoms with van der Waals surface area (Å²) in [5.74, 6) is 0.535. The minimum atomic E-state index is -4.45. The van der Waals surface area contributed by atoms with E-state index < -0.39 is 11.7 Å². The van der Waals surface area contributed by atoms with Crippen molar-refractivity contribution >= 4 is 5.82 Å². The molecule has 0 bridgehead atoms. The number of nitrogens with one attached hydrogen (secondary N) is 1. The molecule has 7 heteroatoms. The van der Waals surface area contributed by atoms with E-state index >= 15 is 0 Å². The van der Waals surface area contributed by atoms with Gasteiger partial charge in [-0.1, -0.05) is 6.92 Å². The summed E-state index contributed by atoms with van der Waals surface area (Å²) < 4.78 is 38.7. The van der Waals surface area contributed by atoms with Gasteiger partial charge in [0.25, 0.3) is 0 Å². The van der Waals surface area contributed by atoms with Crippen molar-refractivity contribution < 1.29 is 13.2 Å². The van der Waals surface area contributed by atoms with Crippen molar-refractivity contribution in [3.63, 3.8) is 0 Å². The van der Waals surface area contributed by atoms with Gasteiger partial charge < -0.3 is 5.32 Å². The molecule has 1 N–H and O–H groups in total. The molecule has 0 aliphatic carbocycles. The maximum Gasteiger partial charge on any atom is 0.417 e. The maximum absolute atomic E-state index is 12.9. The van der Waals surface area contributed by atoms with Crippen LogP contribution in [0.15, 0.2) is 30.6 Å². The summed E-state index contributed by atoms with van der Waals surface area (Å²) in [5.41, 5.74) is -0.696. The fourth-order valence-corrected chi connectivity index (χ4v) is 1.67. The van der Waals surface area contributed by atoms with Gasteiger partial charge in [-0.15, -0.1) is 10.2 Å². The van der Waals surface area contributed by atoms with Crippen LogP contribution in [0.4, 0.5) is 19.0 Å². The topological polar surface area (TPSA) is 50.7 Å². The third-order valence-electron chi connectivity index (χ3n) is 2.62. The van der Waals surface area contributed by atoms with Crippen LogP contribution in [-0.4, -0.2) is 21.7 Å². The van der Waals surface area contributed by atoms with Crippen LogP contribution in [0, 0.1) is 0 Å². The van der Waals surface area contributed by atoms with Crippen LogP contribution in [-0.2, 0) is 6.18 Å². The van der Waals surface area contributed by atoms with Gasteiger partial charge in [-0.3, -0.25) is 4.98 Å². The highest BCUT2D eigenvalue weighted by molar-refractivity contribution is 5.63. The number of hydrogen-bond donors (Lipinski definition) is 1. The number of halogens is 3. The van der Waals surface area contributed by atoms with Gasteiger partial charge in [-0.25, -0.2) is 0 Å². The standard InChI is InChI=1S/C13H13F3N4/c1-2-6-18-12-4-3-11(19-20-12)9-8-17-7-5-10(9)13(14,15)16/h3-5,7-8H,2,6H2,1H3,(H,18,20). The molecular formula is C13H13F3N4. The second-order valence-electron chi connectivity index (χ2n) is 4.15. The van der Waals surface area contributed by atoms with E-state index in [1.165, 1.54) is 6.07 Å². The Morgan fingerprint density at radius 3 is 2.55 bits per heavy atom. The van der Waals surface area contributed by atoms with Crippen LogP contribution < -0.4 is 5.32 Å². The second kappa shape index (κ2) is 5.85. The molecule has 0 fully saturated rings. The molecule has 0 unspecified atom stereocenters. The Bertz CT molecular complexity index is 567. The first kappa shape index (κ1) is 14.2. The third-order valence-corrected chi connectivity index (χ3v) is 2.62. The van der Waals surface area contributed by atoms with Crippen molar-refractivity contribution in [3.05, 3.63) is 36.2 Å². The number of rotatable bonds is 4. The summed E-state index contributed by atoms with van der Waals surface area (Å²) in [6.07, 6.45) is -1.27. The summed E-state index contributed by atoms with van der Waals surface area (Å²) in [4.78, 5) is 3.72. The summed E-state index contributed by atoms with van der Waals surface area (Å²) in [5, 5.41) is 10.7. The molecule has 20 heavy (non-hydrogen) atoms. The number of aromatic nitrogens is 3. The lowest BCUT2D eigenvalue weighted by Gasteiger charge is -2.11. The number of alkyl halides is 3. The van der Waals surface area contributed by atoms with Crippen molar-refractivity contribution in [2.75, 3.05) is 11.9 Å². The molecule has 2 heterocycles. The number of hydrogen-bond acceptors (Lipinski definition) is 4. The van der Waals surface area contributed by atoms with E-state index in [1.807, 2.05) is 6.92 Å². The molecule has 0 aromatic carbocycles. The molecule has 2 aromatic heterocycles. The van der Waals surface area contributed by atoms with Gasteiger partial charge >= 0.3 is 6.18 Å². The van der Waals surface area contributed by atoms with E-state index in [9.17, 15) is 13.2 Å². The lowest BCUT2D eigenvalue weighted by atomic mass is 10.1. The predicted molar refractivity (Wildman–Crippen MR) is 69.0 cm³/mol. The fourth-order valence-electron chi connectivity index (χ4n) is 1.67. The van der Waals surface area contributed by atoms with E-state index in [0.29, 0.717) is 5.82 Å². The first-order chi connectivity index (χ1) is 9.52. The molecule has 0 saturated heterocycles. The Labute approximate surface area is 114 Å². The number of nitrogens with zero attached hydrogens (tertiary/aromatic N) is 3. The Balaban J connectivity index is 2.33. The minimum Gasteiger partial charge on any atom is -0.369 e. The summed E-state index contributed by atoms with van der Waals surface area (Å²) in [7, 11) is 0. The maximum atomic E-state index is 12.9.